The van der Waals surface area contributed by atoms with E-state index in [2.05, 4.69) is 48.1 Å². The molecule has 1 aromatic rings. The Labute approximate surface area is 121 Å². The van der Waals surface area contributed by atoms with Crippen LogP contribution in [0.3, 0.4) is 0 Å². The van der Waals surface area contributed by atoms with Gasteiger partial charge in [-0.05, 0) is 47.7 Å². The standard InChI is InChI=1S/C15H26N4O/c1-10-12(16-4)17-13(11-7-8-11)18-14(10)20-9-15(2,3)19(5)6/h11H,7-9H2,1-6H3,(H,16,17,18). The molecular weight excluding hydrogens is 252 g/mol. The molecular formula is C15H26N4O. The maximum Gasteiger partial charge on any atom is 0.221 e. The minimum atomic E-state index is -0.0308. The molecule has 0 unspecified atom stereocenters. The lowest BCUT2D eigenvalue weighted by atomic mass is 10.1. The lowest BCUT2D eigenvalue weighted by Gasteiger charge is -2.32. The van der Waals surface area contributed by atoms with Crippen molar-refractivity contribution in [3.8, 4) is 5.88 Å². The van der Waals surface area contributed by atoms with Crippen LogP contribution in [-0.2, 0) is 0 Å². The summed E-state index contributed by atoms with van der Waals surface area (Å²) in [6, 6.07) is 0. The van der Waals surface area contributed by atoms with E-state index >= 15 is 0 Å². The third kappa shape index (κ3) is 3.20. The van der Waals surface area contributed by atoms with Gasteiger partial charge in [-0.25, -0.2) is 4.98 Å². The monoisotopic (exact) mass is 278 g/mol. The Hall–Kier alpha value is -1.36. The largest absolute Gasteiger partial charge is 0.475 e. The molecule has 0 atom stereocenters. The molecule has 1 fully saturated rings. The van der Waals surface area contributed by atoms with Gasteiger partial charge in [0.25, 0.3) is 0 Å². The predicted octanol–water partition coefficient (Wildman–Crippen LogP) is 2.42. The summed E-state index contributed by atoms with van der Waals surface area (Å²) in [6.45, 7) is 6.92. The molecule has 0 bridgehead atoms. The Balaban J connectivity index is 2.20. The van der Waals surface area contributed by atoms with Gasteiger partial charge in [0.2, 0.25) is 5.88 Å². The zero-order valence-electron chi connectivity index (χ0n) is 13.4. The van der Waals surface area contributed by atoms with Crippen molar-refractivity contribution in [3.63, 3.8) is 0 Å². The van der Waals surface area contributed by atoms with Gasteiger partial charge in [-0.2, -0.15) is 4.98 Å². The van der Waals surface area contributed by atoms with E-state index in [0.717, 1.165) is 17.2 Å². The highest BCUT2D eigenvalue weighted by Gasteiger charge is 2.29. The smallest absolute Gasteiger partial charge is 0.221 e. The van der Waals surface area contributed by atoms with Crippen molar-refractivity contribution in [3.05, 3.63) is 11.4 Å². The van der Waals surface area contributed by atoms with Crippen molar-refractivity contribution in [1.29, 1.82) is 0 Å². The quantitative estimate of drug-likeness (QED) is 0.866. The highest BCUT2D eigenvalue weighted by Crippen LogP contribution is 2.40. The molecule has 0 radical (unpaired) electrons. The Bertz CT molecular complexity index is 481. The van der Waals surface area contributed by atoms with Crippen LogP contribution in [0.5, 0.6) is 5.88 Å². The summed E-state index contributed by atoms with van der Waals surface area (Å²) in [4.78, 5) is 11.4. The van der Waals surface area contributed by atoms with Crippen molar-refractivity contribution in [1.82, 2.24) is 14.9 Å². The first kappa shape index (κ1) is 15.0. The molecule has 20 heavy (non-hydrogen) atoms. The Morgan fingerprint density at radius 3 is 2.45 bits per heavy atom. The van der Waals surface area contributed by atoms with Gasteiger partial charge < -0.3 is 15.0 Å². The van der Waals surface area contributed by atoms with E-state index < -0.39 is 0 Å². The Morgan fingerprint density at radius 1 is 1.30 bits per heavy atom. The zero-order valence-corrected chi connectivity index (χ0v) is 13.4. The maximum absolute atomic E-state index is 5.99. The number of nitrogens with one attached hydrogen (secondary N) is 1. The fourth-order valence-corrected chi connectivity index (χ4v) is 1.79. The van der Waals surface area contributed by atoms with Crippen LogP contribution in [0, 0.1) is 6.92 Å². The van der Waals surface area contributed by atoms with Crippen LogP contribution < -0.4 is 10.1 Å². The molecule has 0 amide bonds. The van der Waals surface area contributed by atoms with Gasteiger partial charge in [-0.15, -0.1) is 0 Å². The van der Waals surface area contributed by atoms with Gasteiger partial charge >= 0.3 is 0 Å². The van der Waals surface area contributed by atoms with Gasteiger partial charge in [0.1, 0.15) is 18.2 Å². The average Bonchev–Trinajstić information content (AvgIpc) is 3.21. The van der Waals surface area contributed by atoms with E-state index in [4.69, 9.17) is 4.74 Å². The molecule has 5 heteroatoms. The molecule has 0 saturated heterocycles. The highest BCUT2D eigenvalue weighted by molar-refractivity contribution is 5.48. The van der Waals surface area contributed by atoms with Crippen LogP contribution >= 0.6 is 0 Å². The fourth-order valence-electron chi connectivity index (χ4n) is 1.79. The van der Waals surface area contributed by atoms with Crippen LogP contribution in [0.1, 0.15) is 44.0 Å². The molecule has 0 spiro atoms. The fraction of sp³-hybridized carbons (Fsp3) is 0.733. The summed E-state index contributed by atoms with van der Waals surface area (Å²) < 4.78 is 5.99. The van der Waals surface area contributed by atoms with Gasteiger partial charge in [-0.3, -0.25) is 0 Å². The average molecular weight is 278 g/mol. The summed E-state index contributed by atoms with van der Waals surface area (Å²) >= 11 is 0. The van der Waals surface area contributed by atoms with Gasteiger partial charge in [-0.1, -0.05) is 0 Å². The summed E-state index contributed by atoms with van der Waals surface area (Å²) in [5.74, 6) is 3.02. The van der Waals surface area contributed by atoms with E-state index in [0.29, 0.717) is 18.4 Å². The summed E-state index contributed by atoms with van der Waals surface area (Å²) in [7, 11) is 6.01. The number of anilines is 1. The van der Waals surface area contributed by atoms with Crippen LogP contribution in [0.15, 0.2) is 0 Å². The molecule has 5 nitrogen and oxygen atoms in total. The number of ether oxygens (including phenoxy) is 1. The third-order valence-corrected chi connectivity index (χ3v) is 4.07. The predicted molar refractivity (Wildman–Crippen MR) is 81.6 cm³/mol. The molecule has 0 aromatic carbocycles. The molecule has 2 rings (SSSR count). The lowest BCUT2D eigenvalue weighted by molar-refractivity contribution is 0.110. The molecule has 1 N–H and O–H groups in total. The lowest BCUT2D eigenvalue weighted by Crippen LogP contribution is -2.43. The molecule has 1 aromatic heterocycles. The number of hydrogen-bond acceptors (Lipinski definition) is 5. The van der Waals surface area contributed by atoms with Crippen molar-refractivity contribution in [2.45, 2.75) is 45.1 Å². The Kier molecular flexibility index (Phi) is 4.18. The first-order chi connectivity index (χ1) is 9.35. The molecule has 1 heterocycles. The maximum atomic E-state index is 5.99. The molecule has 0 aliphatic heterocycles. The van der Waals surface area contributed by atoms with Crippen LogP contribution in [-0.4, -0.2) is 48.2 Å². The number of hydrogen-bond donors (Lipinski definition) is 1. The third-order valence-electron chi connectivity index (χ3n) is 4.07. The summed E-state index contributed by atoms with van der Waals surface area (Å²) in [5.41, 5.74) is 0.947. The van der Waals surface area contributed by atoms with Gasteiger partial charge in [0, 0.05) is 18.5 Å². The van der Waals surface area contributed by atoms with Crippen LogP contribution in [0.4, 0.5) is 5.82 Å². The van der Waals surface area contributed by atoms with E-state index in [1.165, 1.54) is 12.8 Å². The zero-order chi connectivity index (χ0) is 14.9. The van der Waals surface area contributed by atoms with E-state index in [-0.39, 0.29) is 5.54 Å². The molecule has 112 valence electrons. The summed E-state index contributed by atoms with van der Waals surface area (Å²) in [5, 5.41) is 3.14. The van der Waals surface area contributed by atoms with E-state index in [9.17, 15) is 0 Å². The topological polar surface area (TPSA) is 50.3 Å². The second-order valence-electron chi connectivity index (χ2n) is 6.38. The van der Waals surface area contributed by atoms with Crippen molar-refractivity contribution in [2.75, 3.05) is 33.1 Å². The second kappa shape index (κ2) is 5.56. The Morgan fingerprint density at radius 2 is 1.95 bits per heavy atom. The van der Waals surface area contributed by atoms with Crippen LogP contribution in [0.25, 0.3) is 0 Å². The first-order valence-corrected chi connectivity index (χ1v) is 7.21. The highest BCUT2D eigenvalue weighted by atomic mass is 16.5. The van der Waals surface area contributed by atoms with E-state index in [1.54, 1.807) is 0 Å². The number of aromatic nitrogens is 2. The summed E-state index contributed by atoms with van der Waals surface area (Å²) in [6.07, 6.45) is 2.38. The number of rotatable bonds is 6. The van der Waals surface area contributed by atoms with Crippen molar-refractivity contribution >= 4 is 5.82 Å². The minimum absolute atomic E-state index is 0.0308. The number of likely N-dealkylation sites (N-methyl/N-ethyl adjacent to an activating group) is 1. The molecule has 1 aliphatic carbocycles. The van der Waals surface area contributed by atoms with Crippen molar-refractivity contribution < 1.29 is 4.74 Å². The second-order valence-corrected chi connectivity index (χ2v) is 6.38. The number of nitrogens with zero attached hydrogens (tertiary/aromatic N) is 3. The normalized spacial score (nSPS) is 15.6. The van der Waals surface area contributed by atoms with E-state index in [1.807, 2.05) is 14.0 Å². The molecule has 1 saturated carbocycles. The van der Waals surface area contributed by atoms with Crippen molar-refractivity contribution in [2.24, 2.45) is 0 Å². The minimum Gasteiger partial charge on any atom is -0.475 e. The van der Waals surface area contributed by atoms with Gasteiger partial charge in [0.15, 0.2) is 0 Å². The molecule has 1 aliphatic rings. The van der Waals surface area contributed by atoms with Gasteiger partial charge in [0.05, 0.1) is 5.56 Å². The first-order valence-electron chi connectivity index (χ1n) is 7.21. The van der Waals surface area contributed by atoms with Crippen LogP contribution in [0.2, 0.25) is 0 Å². The SMILES string of the molecule is CNc1nc(C2CC2)nc(OCC(C)(C)N(C)C)c1C.